The quantitative estimate of drug-likeness (QED) is 0.751. The molecular formula is C16H15N5O2. The number of pyridine rings is 1. The number of ether oxygens (including phenoxy) is 1. The van der Waals surface area contributed by atoms with Crippen LogP contribution in [0.5, 0.6) is 0 Å². The van der Waals surface area contributed by atoms with Gasteiger partial charge in [0.2, 0.25) is 5.95 Å². The number of carbonyl (C=O) groups excluding carboxylic acids is 1. The number of rotatable bonds is 6. The van der Waals surface area contributed by atoms with Gasteiger partial charge in [0.25, 0.3) is 5.91 Å². The van der Waals surface area contributed by atoms with Crippen LogP contribution >= 0.6 is 0 Å². The topological polar surface area (TPSA) is 81.9 Å². The Morgan fingerprint density at radius 1 is 1.13 bits per heavy atom. The number of anilines is 1. The van der Waals surface area contributed by atoms with Gasteiger partial charge in [0, 0.05) is 12.4 Å². The Hall–Kier alpha value is -3.06. The number of aromatic nitrogens is 4. The van der Waals surface area contributed by atoms with Crippen molar-refractivity contribution < 1.29 is 9.53 Å². The summed E-state index contributed by atoms with van der Waals surface area (Å²) in [5.74, 6) is 0.0498. The summed E-state index contributed by atoms with van der Waals surface area (Å²) in [6, 6.07) is 13.2. The van der Waals surface area contributed by atoms with E-state index in [1.54, 1.807) is 24.5 Å². The van der Waals surface area contributed by atoms with Crippen LogP contribution < -0.4 is 5.32 Å². The van der Waals surface area contributed by atoms with Gasteiger partial charge in [0.15, 0.2) is 0 Å². The molecule has 1 N–H and O–H groups in total. The summed E-state index contributed by atoms with van der Waals surface area (Å²) in [6.07, 6.45) is 4.66. The molecular weight excluding hydrogens is 294 g/mol. The van der Waals surface area contributed by atoms with Crippen LogP contribution in [0.4, 0.5) is 5.95 Å². The standard InChI is InChI=1S/C16H15N5O2/c22-15(11-23-10-13-4-2-1-3-5-13)20-16-18-12-19-21(16)14-6-8-17-9-7-14/h1-9,12H,10-11H2,(H,18,19,20,22). The van der Waals surface area contributed by atoms with Gasteiger partial charge in [-0.15, -0.1) is 0 Å². The predicted molar refractivity (Wildman–Crippen MR) is 83.9 cm³/mol. The second kappa shape index (κ2) is 7.28. The highest BCUT2D eigenvalue weighted by Crippen LogP contribution is 2.10. The van der Waals surface area contributed by atoms with Gasteiger partial charge in [-0.25, -0.2) is 0 Å². The van der Waals surface area contributed by atoms with Gasteiger partial charge >= 0.3 is 0 Å². The monoisotopic (exact) mass is 309 g/mol. The van der Waals surface area contributed by atoms with Crippen molar-refractivity contribution in [3.63, 3.8) is 0 Å². The lowest BCUT2D eigenvalue weighted by Gasteiger charge is -2.07. The largest absolute Gasteiger partial charge is 0.367 e. The maximum atomic E-state index is 12.0. The molecule has 0 aliphatic heterocycles. The molecule has 0 fully saturated rings. The third-order valence-electron chi connectivity index (χ3n) is 3.05. The van der Waals surface area contributed by atoms with Crippen molar-refractivity contribution in [2.45, 2.75) is 6.61 Å². The number of carbonyl (C=O) groups is 1. The van der Waals surface area contributed by atoms with Crippen molar-refractivity contribution in [1.29, 1.82) is 0 Å². The molecule has 2 aromatic heterocycles. The van der Waals surface area contributed by atoms with E-state index in [4.69, 9.17) is 4.74 Å². The van der Waals surface area contributed by atoms with Crippen LogP contribution in [0.25, 0.3) is 5.69 Å². The maximum Gasteiger partial charge on any atom is 0.252 e. The number of nitrogens with zero attached hydrogens (tertiary/aromatic N) is 4. The molecule has 0 unspecified atom stereocenters. The molecule has 0 radical (unpaired) electrons. The summed E-state index contributed by atoms with van der Waals surface area (Å²) in [7, 11) is 0. The number of nitrogens with one attached hydrogen (secondary N) is 1. The van der Waals surface area contributed by atoms with Crippen LogP contribution in [0.1, 0.15) is 5.56 Å². The first-order valence-corrected chi connectivity index (χ1v) is 7.05. The molecule has 0 bridgehead atoms. The third kappa shape index (κ3) is 3.98. The zero-order valence-corrected chi connectivity index (χ0v) is 12.3. The van der Waals surface area contributed by atoms with Gasteiger partial charge in [0.1, 0.15) is 12.9 Å². The van der Waals surface area contributed by atoms with E-state index >= 15 is 0 Å². The minimum absolute atomic E-state index is 0.0574. The second-order valence-corrected chi connectivity index (χ2v) is 4.73. The average Bonchev–Trinajstić information content (AvgIpc) is 3.05. The number of amides is 1. The average molecular weight is 309 g/mol. The fraction of sp³-hybridized carbons (Fsp3) is 0.125. The molecule has 0 spiro atoms. The third-order valence-corrected chi connectivity index (χ3v) is 3.05. The molecule has 1 aromatic carbocycles. The molecule has 0 saturated heterocycles. The van der Waals surface area contributed by atoms with Crippen molar-refractivity contribution in [3.05, 3.63) is 66.7 Å². The highest BCUT2D eigenvalue weighted by molar-refractivity contribution is 5.90. The van der Waals surface area contributed by atoms with Crippen LogP contribution in [0, 0.1) is 0 Å². The van der Waals surface area contributed by atoms with Gasteiger partial charge in [-0.2, -0.15) is 14.8 Å². The maximum absolute atomic E-state index is 12.0. The van der Waals surface area contributed by atoms with E-state index < -0.39 is 0 Å². The van der Waals surface area contributed by atoms with E-state index in [9.17, 15) is 4.79 Å². The smallest absolute Gasteiger partial charge is 0.252 e. The van der Waals surface area contributed by atoms with Crippen LogP contribution in [-0.2, 0) is 16.1 Å². The minimum Gasteiger partial charge on any atom is -0.367 e. The SMILES string of the molecule is O=C(COCc1ccccc1)Nc1ncnn1-c1ccncc1. The molecule has 3 aromatic rings. The van der Waals surface area contributed by atoms with Gasteiger partial charge in [-0.05, 0) is 17.7 Å². The lowest BCUT2D eigenvalue weighted by atomic mass is 10.2. The lowest BCUT2D eigenvalue weighted by molar-refractivity contribution is -0.121. The molecule has 0 aliphatic rings. The van der Waals surface area contributed by atoms with Crippen molar-refractivity contribution in [3.8, 4) is 5.69 Å². The normalized spacial score (nSPS) is 10.4. The first-order chi connectivity index (χ1) is 11.3. The fourth-order valence-electron chi connectivity index (χ4n) is 2.00. The Balaban J connectivity index is 1.56. The zero-order valence-electron chi connectivity index (χ0n) is 12.3. The Morgan fingerprint density at radius 2 is 1.91 bits per heavy atom. The number of benzene rings is 1. The van der Waals surface area contributed by atoms with Gasteiger partial charge in [-0.1, -0.05) is 30.3 Å². The van der Waals surface area contributed by atoms with E-state index in [-0.39, 0.29) is 12.5 Å². The Bertz CT molecular complexity index is 758. The molecule has 116 valence electrons. The van der Waals surface area contributed by atoms with Crippen molar-refractivity contribution in [2.24, 2.45) is 0 Å². The Labute approximate surface area is 133 Å². The summed E-state index contributed by atoms with van der Waals surface area (Å²) >= 11 is 0. The van der Waals surface area contributed by atoms with E-state index in [2.05, 4.69) is 20.4 Å². The summed E-state index contributed by atoms with van der Waals surface area (Å²) in [4.78, 5) is 19.9. The van der Waals surface area contributed by atoms with E-state index in [0.29, 0.717) is 12.6 Å². The van der Waals surface area contributed by atoms with E-state index in [1.165, 1.54) is 11.0 Å². The summed E-state index contributed by atoms with van der Waals surface area (Å²) < 4.78 is 6.92. The van der Waals surface area contributed by atoms with Crippen LogP contribution in [0.3, 0.4) is 0 Å². The van der Waals surface area contributed by atoms with Crippen LogP contribution in [0.15, 0.2) is 61.2 Å². The molecule has 7 heteroatoms. The Kier molecular flexibility index (Phi) is 4.70. The summed E-state index contributed by atoms with van der Waals surface area (Å²) in [5.41, 5.74) is 1.78. The molecule has 2 heterocycles. The fourth-order valence-corrected chi connectivity index (χ4v) is 2.00. The first kappa shape index (κ1) is 14.9. The van der Waals surface area contributed by atoms with Gasteiger partial charge in [-0.3, -0.25) is 15.1 Å². The first-order valence-electron chi connectivity index (χ1n) is 7.05. The van der Waals surface area contributed by atoms with Gasteiger partial charge in [0.05, 0.1) is 12.3 Å². The molecule has 0 saturated carbocycles. The van der Waals surface area contributed by atoms with E-state index in [0.717, 1.165) is 11.3 Å². The minimum atomic E-state index is -0.288. The predicted octanol–water partition coefficient (Wildman–Crippen LogP) is 1.82. The zero-order chi connectivity index (χ0) is 15.9. The van der Waals surface area contributed by atoms with Crippen molar-refractivity contribution in [1.82, 2.24) is 19.7 Å². The molecule has 0 aliphatic carbocycles. The highest BCUT2D eigenvalue weighted by Gasteiger charge is 2.10. The highest BCUT2D eigenvalue weighted by atomic mass is 16.5. The molecule has 3 rings (SSSR count). The molecule has 0 atom stereocenters. The summed E-state index contributed by atoms with van der Waals surface area (Å²) in [5, 5.41) is 6.77. The summed E-state index contributed by atoms with van der Waals surface area (Å²) in [6.45, 7) is 0.323. The number of hydrogen-bond donors (Lipinski definition) is 1. The van der Waals surface area contributed by atoms with Gasteiger partial charge < -0.3 is 4.74 Å². The number of hydrogen-bond acceptors (Lipinski definition) is 5. The van der Waals surface area contributed by atoms with Crippen LogP contribution in [-0.4, -0.2) is 32.3 Å². The molecule has 1 amide bonds. The molecule has 23 heavy (non-hydrogen) atoms. The van der Waals surface area contributed by atoms with Crippen molar-refractivity contribution >= 4 is 11.9 Å². The van der Waals surface area contributed by atoms with E-state index in [1.807, 2.05) is 30.3 Å². The Morgan fingerprint density at radius 3 is 2.70 bits per heavy atom. The second-order valence-electron chi connectivity index (χ2n) is 4.73. The van der Waals surface area contributed by atoms with Crippen LogP contribution in [0.2, 0.25) is 0 Å². The lowest BCUT2D eigenvalue weighted by Crippen LogP contribution is -2.20. The van der Waals surface area contributed by atoms with Crippen molar-refractivity contribution in [2.75, 3.05) is 11.9 Å². The molecule has 7 nitrogen and oxygen atoms in total.